The fourth-order valence-electron chi connectivity index (χ4n) is 2.02. The molecule has 0 saturated heterocycles. The third-order valence-electron chi connectivity index (χ3n) is 3.03. The fourth-order valence-corrected chi connectivity index (χ4v) is 2.15. The van der Waals surface area contributed by atoms with E-state index in [1.807, 2.05) is 31.2 Å². The van der Waals surface area contributed by atoms with Gasteiger partial charge < -0.3 is 10.3 Å². The number of nitrogens with zero attached hydrogens (tertiary/aromatic N) is 2. The van der Waals surface area contributed by atoms with Gasteiger partial charge in [-0.2, -0.15) is 0 Å². The van der Waals surface area contributed by atoms with Gasteiger partial charge in [0.05, 0.1) is 0 Å². The summed E-state index contributed by atoms with van der Waals surface area (Å²) in [6.45, 7) is 2.32. The maximum atomic E-state index is 12.4. The van der Waals surface area contributed by atoms with E-state index in [0.717, 1.165) is 11.3 Å². The number of rotatable bonds is 4. The molecule has 0 saturated carbocycles. The first-order chi connectivity index (χ1) is 9.99. The molecule has 2 rings (SSSR count). The van der Waals surface area contributed by atoms with E-state index in [0.29, 0.717) is 22.9 Å². The van der Waals surface area contributed by atoms with Gasteiger partial charge in [0.2, 0.25) is 0 Å². The van der Waals surface area contributed by atoms with Crippen LogP contribution in [0.25, 0.3) is 0 Å². The molecule has 1 amide bonds. The fraction of sp³-hybridized carbons (Fsp3) is 0.200. The van der Waals surface area contributed by atoms with E-state index >= 15 is 0 Å². The molecule has 0 bridgehead atoms. The standard InChI is InChI=1S/C15H17ClN4O/c1-10-7-12(8-14(18-10)19-17)15(21)20(2)9-11-3-5-13(16)6-4-11/h3-8H,9,17H2,1-2H3,(H,18,19). The first kappa shape index (κ1) is 15.3. The first-order valence-electron chi connectivity index (χ1n) is 6.45. The second kappa shape index (κ2) is 6.56. The molecule has 0 aliphatic rings. The number of nitrogens with two attached hydrogens (primary N) is 1. The number of carbonyl (C=O) groups excluding carboxylic acids is 1. The Balaban J connectivity index is 2.15. The minimum Gasteiger partial charge on any atom is -0.337 e. The van der Waals surface area contributed by atoms with Gasteiger partial charge in [0.15, 0.2) is 0 Å². The van der Waals surface area contributed by atoms with Gasteiger partial charge in [0.1, 0.15) is 5.82 Å². The van der Waals surface area contributed by atoms with Crippen LogP contribution in [0, 0.1) is 6.92 Å². The van der Waals surface area contributed by atoms with Crippen molar-refractivity contribution >= 4 is 23.3 Å². The minimum absolute atomic E-state index is 0.0908. The van der Waals surface area contributed by atoms with Crippen molar-refractivity contribution < 1.29 is 4.79 Å². The third-order valence-corrected chi connectivity index (χ3v) is 3.28. The Hall–Kier alpha value is -2.11. The summed E-state index contributed by atoms with van der Waals surface area (Å²) >= 11 is 5.85. The predicted molar refractivity (Wildman–Crippen MR) is 84.0 cm³/mol. The monoisotopic (exact) mass is 304 g/mol. The summed E-state index contributed by atoms with van der Waals surface area (Å²) < 4.78 is 0. The molecule has 110 valence electrons. The molecule has 0 unspecified atom stereocenters. The van der Waals surface area contributed by atoms with E-state index < -0.39 is 0 Å². The summed E-state index contributed by atoms with van der Waals surface area (Å²) in [7, 11) is 1.75. The number of anilines is 1. The molecule has 0 radical (unpaired) electrons. The third kappa shape index (κ3) is 3.93. The first-order valence-corrected chi connectivity index (χ1v) is 6.82. The zero-order valence-corrected chi connectivity index (χ0v) is 12.7. The van der Waals surface area contributed by atoms with Crippen LogP contribution in [0.5, 0.6) is 0 Å². The van der Waals surface area contributed by atoms with Crippen LogP contribution in [0.4, 0.5) is 5.82 Å². The zero-order valence-electron chi connectivity index (χ0n) is 11.9. The van der Waals surface area contributed by atoms with Crippen LogP contribution in [0.3, 0.4) is 0 Å². The lowest BCUT2D eigenvalue weighted by Gasteiger charge is -2.18. The molecule has 3 N–H and O–H groups in total. The number of benzene rings is 1. The molecule has 1 aromatic heterocycles. The van der Waals surface area contributed by atoms with Crippen LogP contribution >= 0.6 is 11.6 Å². The number of carbonyl (C=O) groups is 1. The lowest BCUT2D eigenvalue weighted by Crippen LogP contribution is -2.26. The molecule has 0 fully saturated rings. The second-order valence-electron chi connectivity index (χ2n) is 4.81. The summed E-state index contributed by atoms with van der Waals surface area (Å²) in [5.41, 5.74) is 4.75. The number of nitrogens with one attached hydrogen (secondary N) is 1. The summed E-state index contributed by atoms with van der Waals surface area (Å²) in [5, 5.41) is 0.677. The molecule has 6 heteroatoms. The van der Waals surface area contributed by atoms with Crippen LogP contribution < -0.4 is 11.3 Å². The van der Waals surface area contributed by atoms with E-state index in [9.17, 15) is 4.79 Å². The summed E-state index contributed by atoms with van der Waals surface area (Å²) in [6.07, 6.45) is 0. The van der Waals surface area contributed by atoms with Crippen molar-refractivity contribution in [2.45, 2.75) is 13.5 Å². The van der Waals surface area contributed by atoms with Crippen molar-refractivity contribution in [3.8, 4) is 0 Å². The zero-order chi connectivity index (χ0) is 15.4. The molecule has 2 aromatic rings. The average Bonchev–Trinajstić information content (AvgIpc) is 2.48. The lowest BCUT2D eigenvalue weighted by atomic mass is 10.1. The predicted octanol–water partition coefficient (Wildman–Crippen LogP) is 2.60. The van der Waals surface area contributed by atoms with E-state index in [-0.39, 0.29) is 5.91 Å². The largest absolute Gasteiger partial charge is 0.337 e. The number of hydrogen-bond donors (Lipinski definition) is 2. The quantitative estimate of drug-likeness (QED) is 0.673. The number of aromatic nitrogens is 1. The van der Waals surface area contributed by atoms with Crippen LogP contribution in [-0.2, 0) is 6.54 Å². The van der Waals surface area contributed by atoms with Gasteiger partial charge in [-0.05, 0) is 36.8 Å². The van der Waals surface area contributed by atoms with Gasteiger partial charge in [-0.1, -0.05) is 23.7 Å². The SMILES string of the molecule is Cc1cc(C(=O)N(C)Cc2ccc(Cl)cc2)cc(NN)n1. The van der Waals surface area contributed by atoms with Crippen molar-refractivity contribution in [3.05, 3.63) is 58.2 Å². The van der Waals surface area contributed by atoms with E-state index in [2.05, 4.69) is 10.4 Å². The highest BCUT2D eigenvalue weighted by Gasteiger charge is 2.13. The van der Waals surface area contributed by atoms with Gasteiger partial charge in [-0.15, -0.1) is 0 Å². The summed E-state index contributed by atoms with van der Waals surface area (Å²) in [6, 6.07) is 10.8. The number of nitrogen functional groups attached to an aromatic ring is 1. The smallest absolute Gasteiger partial charge is 0.254 e. The number of amides is 1. The van der Waals surface area contributed by atoms with E-state index in [1.54, 1.807) is 24.1 Å². The van der Waals surface area contributed by atoms with Crippen LogP contribution in [0.1, 0.15) is 21.6 Å². The Bertz CT molecular complexity index is 643. The van der Waals surface area contributed by atoms with Crippen LogP contribution in [0.15, 0.2) is 36.4 Å². The molecule has 5 nitrogen and oxygen atoms in total. The van der Waals surface area contributed by atoms with Gasteiger partial charge in [0.25, 0.3) is 5.91 Å². The molecule has 0 spiro atoms. The van der Waals surface area contributed by atoms with Crippen molar-refractivity contribution in [3.63, 3.8) is 0 Å². The normalized spacial score (nSPS) is 10.3. The topological polar surface area (TPSA) is 71.2 Å². The van der Waals surface area contributed by atoms with Gasteiger partial charge >= 0.3 is 0 Å². The molecular formula is C15H17ClN4O. The Kier molecular flexibility index (Phi) is 4.77. The van der Waals surface area contributed by atoms with Crippen LogP contribution in [0.2, 0.25) is 5.02 Å². The van der Waals surface area contributed by atoms with Crippen molar-refractivity contribution in [1.29, 1.82) is 0 Å². The Labute approximate surface area is 128 Å². The Morgan fingerprint density at radius 2 is 2.00 bits per heavy atom. The van der Waals surface area contributed by atoms with Crippen molar-refractivity contribution in [1.82, 2.24) is 9.88 Å². The number of halogens is 1. The van der Waals surface area contributed by atoms with Crippen LogP contribution in [-0.4, -0.2) is 22.8 Å². The molecule has 1 heterocycles. The lowest BCUT2D eigenvalue weighted by molar-refractivity contribution is 0.0785. The summed E-state index contributed by atoms with van der Waals surface area (Å²) in [4.78, 5) is 18.2. The molecular weight excluding hydrogens is 288 g/mol. The minimum atomic E-state index is -0.0908. The maximum absolute atomic E-state index is 12.4. The van der Waals surface area contributed by atoms with Gasteiger partial charge in [-0.3, -0.25) is 4.79 Å². The molecule has 0 aliphatic carbocycles. The van der Waals surface area contributed by atoms with E-state index in [1.165, 1.54) is 0 Å². The second-order valence-corrected chi connectivity index (χ2v) is 5.25. The highest BCUT2D eigenvalue weighted by atomic mass is 35.5. The van der Waals surface area contributed by atoms with Crippen molar-refractivity contribution in [2.75, 3.05) is 12.5 Å². The highest BCUT2D eigenvalue weighted by Crippen LogP contribution is 2.14. The molecule has 21 heavy (non-hydrogen) atoms. The van der Waals surface area contributed by atoms with E-state index in [4.69, 9.17) is 17.4 Å². The number of aryl methyl sites for hydroxylation is 1. The molecule has 1 aromatic carbocycles. The van der Waals surface area contributed by atoms with Crippen molar-refractivity contribution in [2.24, 2.45) is 5.84 Å². The van der Waals surface area contributed by atoms with Gasteiger partial charge in [0, 0.05) is 29.9 Å². The molecule has 0 aliphatic heterocycles. The number of pyridine rings is 1. The Morgan fingerprint density at radius 1 is 1.33 bits per heavy atom. The Morgan fingerprint density at radius 3 is 2.62 bits per heavy atom. The highest BCUT2D eigenvalue weighted by molar-refractivity contribution is 6.30. The summed E-state index contributed by atoms with van der Waals surface area (Å²) in [5.74, 6) is 5.73. The van der Waals surface area contributed by atoms with Gasteiger partial charge in [-0.25, -0.2) is 10.8 Å². The maximum Gasteiger partial charge on any atom is 0.254 e. The average molecular weight is 305 g/mol. The molecule has 0 atom stereocenters. The number of hydrazine groups is 1. The number of hydrogen-bond acceptors (Lipinski definition) is 4.